The average Bonchev–Trinajstić information content (AvgIpc) is 2.41. The molecule has 2 N–H and O–H groups in total. The first-order valence-corrected chi connectivity index (χ1v) is 6.37. The molecule has 0 aliphatic carbocycles. The fourth-order valence-corrected chi connectivity index (χ4v) is 2.40. The molecule has 98 valence electrons. The maximum Gasteiger partial charge on any atom is 0.253 e. The molecule has 1 aromatic carbocycles. The molecule has 18 heavy (non-hydrogen) atoms. The first-order chi connectivity index (χ1) is 8.61. The molecular weight excluding hydrogens is 231 g/mol. The van der Waals surface area contributed by atoms with Gasteiger partial charge in [-0.25, -0.2) is 4.39 Å². The number of carbonyl (C=O) groups excluding carboxylic acids is 1. The van der Waals surface area contributed by atoms with E-state index in [-0.39, 0.29) is 11.7 Å². The van der Waals surface area contributed by atoms with E-state index < -0.39 is 0 Å². The Hall–Kier alpha value is -1.42. The number of nitrogens with two attached hydrogens (primary N) is 1. The Labute approximate surface area is 107 Å². The van der Waals surface area contributed by atoms with Crippen molar-refractivity contribution < 1.29 is 9.18 Å². The molecule has 1 amide bonds. The fraction of sp³-hybridized carbons (Fsp3) is 0.500. The number of aryl methyl sites for hydroxylation is 1. The van der Waals surface area contributed by atoms with Crippen molar-refractivity contribution in [3.05, 3.63) is 35.1 Å². The summed E-state index contributed by atoms with van der Waals surface area (Å²) in [6.07, 6.45) is 2.08. The number of carbonyl (C=O) groups is 1. The summed E-state index contributed by atoms with van der Waals surface area (Å²) in [5, 5.41) is 0. The summed E-state index contributed by atoms with van der Waals surface area (Å²) in [4.78, 5) is 14.1. The van der Waals surface area contributed by atoms with E-state index in [1.54, 1.807) is 19.1 Å². The number of hydrogen-bond acceptors (Lipinski definition) is 2. The van der Waals surface area contributed by atoms with E-state index in [4.69, 9.17) is 5.73 Å². The third-order valence-corrected chi connectivity index (χ3v) is 3.54. The molecule has 1 aliphatic rings. The largest absolute Gasteiger partial charge is 0.338 e. The van der Waals surface area contributed by atoms with Crippen LogP contribution in [0.25, 0.3) is 0 Å². The summed E-state index contributed by atoms with van der Waals surface area (Å²) in [6.45, 7) is 3.77. The van der Waals surface area contributed by atoms with Crippen LogP contribution < -0.4 is 5.73 Å². The molecule has 4 heteroatoms. The summed E-state index contributed by atoms with van der Waals surface area (Å²) in [7, 11) is 0. The summed E-state index contributed by atoms with van der Waals surface area (Å²) in [5.41, 5.74) is 6.73. The molecular formula is C14H19FN2O. The molecule has 1 fully saturated rings. The maximum absolute atomic E-state index is 13.2. The minimum absolute atomic E-state index is 0.0174. The van der Waals surface area contributed by atoms with Gasteiger partial charge in [-0.3, -0.25) is 4.79 Å². The van der Waals surface area contributed by atoms with Crippen LogP contribution in [0.1, 0.15) is 28.8 Å². The number of amides is 1. The molecule has 0 spiro atoms. The van der Waals surface area contributed by atoms with E-state index in [0.717, 1.165) is 19.4 Å². The zero-order valence-corrected chi connectivity index (χ0v) is 10.7. The van der Waals surface area contributed by atoms with Crippen molar-refractivity contribution >= 4 is 5.91 Å². The standard InChI is InChI=1S/C14H19FN2O/c1-10-7-12(4-5-13(10)15)14(18)17-6-2-3-11(8-16)9-17/h4-5,7,11H,2-3,6,8-9,16H2,1H3. The van der Waals surface area contributed by atoms with E-state index in [0.29, 0.717) is 30.1 Å². The average molecular weight is 250 g/mol. The zero-order chi connectivity index (χ0) is 13.1. The van der Waals surface area contributed by atoms with Gasteiger partial charge in [0.05, 0.1) is 0 Å². The first-order valence-electron chi connectivity index (χ1n) is 6.37. The van der Waals surface area contributed by atoms with Gasteiger partial charge in [0.2, 0.25) is 0 Å². The van der Waals surface area contributed by atoms with Crippen LogP contribution in [-0.2, 0) is 0 Å². The summed E-state index contributed by atoms with van der Waals surface area (Å²) >= 11 is 0. The number of nitrogens with zero attached hydrogens (tertiary/aromatic N) is 1. The van der Waals surface area contributed by atoms with Crippen LogP contribution in [-0.4, -0.2) is 30.4 Å². The normalized spacial score (nSPS) is 19.9. The van der Waals surface area contributed by atoms with Gasteiger partial charge in [-0.2, -0.15) is 0 Å². The lowest BCUT2D eigenvalue weighted by Crippen LogP contribution is -2.42. The Morgan fingerprint density at radius 2 is 2.33 bits per heavy atom. The molecule has 2 rings (SSSR count). The van der Waals surface area contributed by atoms with Gasteiger partial charge >= 0.3 is 0 Å². The van der Waals surface area contributed by atoms with Gasteiger partial charge in [0.15, 0.2) is 0 Å². The van der Waals surface area contributed by atoms with Crippen LogP contribution in [0.3, 0.4) is 0 Å². The van der Waals surface area contributed by atoms with E-state index in [2.05, 4.69) is 0 Å². The first kappa shape index (κ1) is 13.0. The predicted octanol–water partition coefficient (Wildman–Crippen LogP) is 1.95. The van der Waals surface area contributed by atoms with Crippen molar-refractivity contribution in [3.8, 4) is 0 Å². The van der Waals surface area contributed by atoms with Crippen LogP contribution in [0.4, 0.5) is 4.39 Å². The number of halogens is 1. The quantitative estimate of drug-likeness (QED) is 0.872. The van der Waals surface area contributed by atoms with E-state index in [1.807, 2.05) is 4.90 Å². The maximum atomic E-state index is 13.2. The number of piperidine rings is 1. The van der Waals surface area contributed by atoms with Gasteiger partial charge in [0, 0.05) is 18.7 Å². The van der Waals surface area contributed by atoms with E-state index in [9.17, 15) is 9.18 Å². The Kier molecular flexibility index (Phi) is 3.97. The minimum Gasteiger partial charge on any atom is -0.338 e. The highest BCUT2D eigenvalue weighted by molar-refractivity contribution is 5.94. The van der Waals surface area contributed by atoms with Crippen LogP contribution in [0.2, 0.25) is 0 Å². The number of hydrogen-bond donors (Lipinski definition) is 1. The van der Waals surface area contributed by atoms with Crippen molar-refractivity contribution in [2.24, 2.45) is 11.7 Å². The van der Waals surface area contributed by atoms with Crippen molar-refractivity contribution in [3.63, 3.8) is 0 Å². The smallest absolute Gasteiger partial charge is 0.253 e. The molecule has 1 saturated heterocycles. The van der Waals surface area contributed by atoms with Crippen LogP contribution in [0.5, 0.6) is 0 Å². The Balaban J connectivity index is 2.12. The second kappa shape index (κ2) is 5.48. The highest BCUT2D eigenvalue weighted by Gasteiger charge is 2.23. The SMILES string of the molecule is Cc1cc(C(=O)N2CCCC(CN)C2)ccc1F. The summed E-state index contributed by atoms with van der Waals surface area (Å²) in [6, 6.07) is 4.52. The predicted molar refractivity (Wildman–Crippen MR) is 68.8 cm³/mol. The Morgan fingerprint density at radius 3 is 3.00 bits per heavy atom. The second-order valence-corrected chi connectivity index (χ2v) is 4.96. The van der Waals surface area contributed by atoms with Crippen molar-refractivity contribution in [2.75, 3.05) is 19.6 Å². The van der Waals surface area contributed by atoms with Crippen LogP contribution in [0, 0.1) is 18.7 Å². The highest BCUT2D eigenvalue weighted by Crippen LogP contribution is 2.18. The minimum atomic E-state index is -0.273. The number of rotatable bonds is 2. The van der Waals surface area contributed by atoms with Crippen molar-refractivity contribution in [2.45, 2.75) is 19.8 Å². The lowest BCUT2D eigenvalue weighted by atomic mass is 9.97. The lowest BCUT2D eigenvalue weighted by molar-refractivity contribution is 0.0678. The molecule has 1 atom stereocenters. The monoisotopic (exact) mass is 250 g/mol. The molecule has 1 aliphatic heterocycles. The lowest BCUT2D eigenvalue weighted by Gasteiger charge is -2.32. The van der Waals surface area contributed by atoms with E-state index in [1.165, 1.54) is 6.07 Å². The van der Waals surface area contributed by atoms with Gasteiger partial charge in [-0.15, -0.1) is 0 Å². The van der Waals surface area contributed by atoms with Gasteiger partial charge in [-0.1, -0.05) is 0 Å². The molecule has 1 heterocycles. The molecule has 0 radical (unpaired) electrons. The third-order valence-electron chi connectivity index (χ3n) is 3.54. The number of likely N-dealkylation sites (tertiary alicyclic amines) is 1. The second-order valence-electron chi connectivity index (χ2n) is 4.96. The van der Waals surface area contributed by atoms with E-state index >= 15 is 0 Å². The molecule has 1 aromatic rings. The zero-order valence-electron chi connectivity index (χ0n) is 10.7. The van der Waals surface area contributed by atoms with Crippen LogP contribution >= 0.6 is 0 Å². The Bertz CT molecular complexity index is 447. The number of benzene rings is 1. The third kappa shape index (κ3) is 2.70. The molecule has 1 unspecified atom stereocenters. The topological polar surface area (TPSA) is 46.3 Å². The van der Waals surface area contributed by atoms with Gasteiger partial charge in [0.25, 0.3) is 5.91 Å². The summed E-state index contributed by atoms with van der Waals surface area (Å²) in [5.74, 6) is 0.102. The highest BCUT2D eigenvalue weighted by atomic mass is 19.1. The summed E-state index contributed by atoms with van der Waals surface area (Å²) < 4.78 is 13.2. The molecule has 0 bridgehead atoms. The Morgan fingerprint density at radius 1 is 1.56 bits per heavy atom. The van der Waals surface area contributed by atoms with Crippen LogP contribution in [0.15, 0.2) is 18.2 Å². The van der Waals surface area contributed by atoms with Crippen molar-refractivity contribution in [1.29, 1.82) is 0 Å². The molecule has 3 nitrogen and oxygen atoms in total. The molecule has 0 saturated carbocycles. The van der Waals surface area contributed by atoms with Crippen molar-refractivity contribution in [1.82, 2.24) is 4.90 Å². The molecule has 0 aromatic heterocycles. The van der Waals surface area contributed by atoms with Gasteiger partial charge in [0.1, 0.15) is 5.82 Å². The van der Waals surface area contributed by atoms with Gasteiger partial charge < -0.3 is 10.6 Å². The van der Waals surface area contributed by atoms with Gasteiger partial charge in [-0.05, 0) is 56.0 Å². The fourth-order valence-electron chi connectivity index (χ4n) is 2.40.